The van der Waals surface area contributed by atoms with Gasteiger partial charge in [-0.1, -0.05) is 42.5 Å². The van der Waals surface area contributed by atoms with E-state index in [-0.39, 0.29) is 0 Å². The summed E-state index contributed by atoms with van der Waals surface area (Å²) in [4.78, 5) is 4.38. The van der Waals surface area contributed by atoms with Gasteiger partial charge in [-0.15, -0.1) is 0 Å². The van der Waals surface area contributed by atoms with Gasteiger partial charge >= 0.3 is 0 Å². The summed E-state index contributed by atoms with van der Waals surface area (Å²) in [7, 11) is 0. The van der Waals surface area contributed by atoms with Crippen LogP contribution in [-0.4, -0.2) is 5.71 Å². The summed E-state index contributed by atoms with van der Waals surface area (Å²) >= 11 is 0. The SMILES string of the molecule is C1=CC(Cc2ccccc2)=C2C=CN=C2C1. The van der Waals surface area contributed by atoms with E-state index in [1.165, 1.54) is 22.4 Å². The van der Waals surface area contributed by atoms with Crippen molar-refractivity contribution in [3.05, 3.63) is 71.5 Å². The molecule has 0 N–H and O–H groups in total. The van der Waals surface area contributed by atoms with Gasteiger partial charge < -0.3 is 0 Å². The van der Waals surface area contributed by atoms with Crippen molar-refractivity contribution in [1.82, 2.24) is 0 Å². The van der Waals surface area contributed by atoms with E-state index >= 15 is 0 Å². The smallest absolute Gasteiger partial charge is 0.0516 e. The molecule has 1 aromatic rings. The Balaban J connectivity index is 1.93. The van der Waals surface area contributed by atoms with Gasteiger partial charge in [-0.2, -0.15) is 0 Å². The van der Waals surface area contributed by atoms with Gasteiger partial charge in [0.05, 0.1) is 5.71 Å². The van der Waals surface area contributed by atoms with Crippen LogP contribution in [0.5, 0.6) is 0 Å². The zero-order valence-corrected chi connectivity index (χ0v) is 9.06. The molecule has 0 aromatic heterocycles. The number of nitrogens with zero attached hydrogens (tertiary/aromatic N) is 1. The molecule has 1 heterocycles. The summed E-state index contributed by atoms with van der Waals surface area (Å²) in [6, 6.07) is 10.6. The third-order valence-corrected chi connectivity index (χ3v) is 3.00. The van der Waals surface area contributed by atoms with Crippen molar-refractivity contribution in [2.24, 2.45) is 4.99 Å². The quantitative estimate of drug-likeness (QED) is 0.704. The van der Waals surface area contributed by atoms with Gasteiger partial charge in [-0.3, -0.25) is 4.99 Å². The third kappa shape index (κ3) is 1.65. The number of allylic oxidation sites excluding steroid dienone is 5. The Labute approximate surface area is 95.5 Å². The first-order valence-corrected chi connectivity index (χ1v) is 5.61. The van der Waals surface area contributed by atoms with Crippen molar-refractivity contribution in [3.63, 3.8) is 0 Å². The molecule has 0 spiro atoms. The molecule has 1 aromatic carbocycles. The fraction of sp³-hybridized carbons (Fsp3) is 0.133. The second kappa shape index (κ2) is 3.93. The molecule has 1 heteroatoms. The highest BCUT2D eigenvalue weighted by Crippen LogP contribution is 2.24. The van der Waals surface area contributed by atoms with Gasteiger partial charge in [0.1, 0.15) is 0 Å². The van der Waals surface area contributed by atoms with E-state index in [4.69, 9.17) is 0 Å². The van der Waals surface area contributed by atoms with Crippen molar-refractivity contribution in [1.29, 1.82) is 0 Å². The third-order valence-electron chi connectivity index (χ3n) is 3.00. The number of aliphatic imine (C=N–C) groups is 1. The van der Waals surface area contributed by atoms with Gasteiger partial charge in [0.15, 0.2) is 0 Å². The Kier molecular flexibility index (Phi) is 2.30. The van der Waals surface area contributed by atoms with Crippen LogP contribution in [0, 0.1) is 0 Å². The van der Waals surface area contributed by atoms with E-state index < -0.39 is 0 Å². The molecule has 16 heavy (non-hydrogen) atoms. The molecule has 1 aliphatic heterocycles. The van der Waals surface area contributed by atoms with Crippen LogP contribution in [0.25, 0.3) is 0 Å². The second-order valence-corrected chi connectivity index (χ2v) is 4.10. The van der Waals surface area contributed by atoms with Crippen molar-refractivity contribution in [3.8, 4) is 0 Å². The number of benzene rings is 1. The molecule has 78 valence electrons. The minimum Gasteiger partial charge on any atom is -0.260 e. The van der Waals surface area contributed by atoms with Crippen LogP contribution in [0.1, 0.15) is 12.0 Å². The Morgan fingerprint density at radius 3 is 2.81 bits per heavy atom. The lowest BCUT2D eigenvalue weighted by Crippen LogP contribution is -2.05. The molecule has 0 fully saturated rings. The Hall–Kier alpha value is -1.89. The van der Waals surface area contributed by atoms with Crippen molar-refractivity contribution < 1.29 is 0 Å². The van der Waals surface area contributed by atoms with Gasteiger partial charge in [0.2, 0.25) is 0 Å². The summed E-state index contributed by atoms with van der Waals surface area (Å²) in [5.74, 6) is 0. The van der Waals surface area contributed by atoms with Gasteiger partial charge in [-0.25, -0.2) is 0 Å². The average Bonchev–Trinajstić information content (AvgIpc) is 2.80. The van der Waals surface area contributed by atoms with Gasteiger partial charge in [-0.05, 0) is 23.6 Å². The maximum absolute atomic E-state index is 4.38. The van der Waals surface area contributed by atoms with Crippen molar-refractivity contribution >= 4 is 5.71 Å². The predicted molar refractivity (Wildman–Crippen MR) is 67.5 cm³/mol. The van der Waals surface area contributed by atoms with Crippen molar-refractivity contribution in [2.75, 3.05) is 0 Å². The number of rotatable bonds is 2. The maximum atomic E-state index is 4.38. The summed E-state index contributed by atoms with van der Waals surface area (Å²) < 4.78 is 0. The summed E-state index contributed by atoms with van der Waals surface area (Å²) in [5.41, 5.74) is 5.28. The van der Waals surface area contributed by atoms with Gasteiger partial charge in [0, 0.05) is 18.2 Å². The molecular weight excluding hydrogens is 194 g/mol. The molecular formula is C15H13N. The van der Waals surface area contributed by atoms with Crippen LogP contribution >= 0.6 is 0 Å². The first kappa shape index (κ1) is 9.34. The molecule has 3 rings (SSSR count). The Bertz CT molecular complexity index is 516. The largest absolute Gasteiger partial charge is 0.260 e. The molecule has 0 saturated heterocycles. The molecule has 0 atom stereocenters. The highest BCUT2D eigenvalue weighted by molar-refractivity contribution is 6.07. The molecule has 1 aliphatic carbocycles. The van der Waals surface area contributed by atoms with Crippen molar-refractivity contribution in [2.45, 2.75) is 12.8 Å². The predicted octanol–water partition coefficient (Wildman–Crippen LogP) is 3.45. The van der Waals surface area contributed by atoms with E-state index in [0.29, 0.717) is 0 Å². The van der Waals surface area contributed by atoms with E-state index in [2.05, 4.69) is 53.6 Å². The monoisotopic (exact) mass is 207 g/mol. The fourth-order valence-electron chi connectivity index (χ4n) is 2.20. The normalized spacial score (nSPS) is 17.6. The van der Waals surface area contributed by atoms with Crippen LogP contribution in [-0.2, 0) is 6.42 Å². The second-order valence-electron chi connectivity index (χ2n) is 4.10. The number of fused-ring (bicyclic) bond motifs is 1. The molecule has 0 amide bonds. The zero-order valence-electron chi connectivity index (χ0n) is 9.06. The Morgan fingerprint density at radius 2 is 1.94 bits per heavy atom. The Morgan fingerprint density at radius 1 is 1.06 bits per heavy atom. The zero-order chi connectivity index (χ0) is 10.8. The van der Waals surface area contributed by atoms with Gasteiger partial charge in [0.25, 0.3) is 0 Å². The number of hydrogen-bond acceptors (Lipinski definition) is 1. The first-order chi connectivity index (χ1) is 7.93. The fourth-order valence-corrected chi connectivity index (χ4v) is 2.20. The highest BCUT2D eigenvalue weighted by atomic mass is 14.7. The lowest BCUT2D eigenvalue weighted by atomic mass is 9.92. The van der Waals surface area contributed by atoms with Crippen LogP contribution in [0.2, 0.25) is 0 Å². The summed E-state index contributed by atoms with van der Waals surface area (Å²) in [5, 5.41) is 0. The maximum Gasteiger partial charge on any atom is 0.0516 e. The van der Waals surface area contributed by atoms with E-state index in [9.17, 15) is 0 Å². The molecule has 0 radical (unpaired) electrons. The van der Waals surface area contributed by atoms with Crippen LogP contribution in [0.4, 0.5) is 0 Å². The molecule has 0 unspecified atom stereocenters. The molecule has 1 nitrogen and oxygen atoms in total. The van der Waals surface area contributed by atoms with E-state index in [1.54, 1.807) is 0 Å². The minimum absolute atomic E-state index is 0.973. The average molecular weight is 207 g/mol. The lowest BCUT2D eigenvalue weighted by Gasteiger charge is -2.12. The van der Waals surface area contributed by atoms with E-state index in [1.807, 2.05) is 6.20 Å². The molecule has 2 aliphatic rings. The van der Waals surface area contributed by atoms with Crippen LogP contribution in [0.15, 0.2) is 70.9 Å². The molecule has 0 saturated carbocycles. The van der Waals surface area contributed by atoms with Crippen LogP contribution < -0.4 is 0 Å². The van der Waals surface area contributed by atoms with Crippen LogP contribution in [0.3, 0.4) is 0 Å². The molecule has 0 bridgehead atoms. The first-order valence-electron chi connectivity index (χ1n) is 5.61. The minimum atomic E-state index is 0.973. The highest BCUT2D eigenvalue weighted by Gasteiger charge is 2.15. The number of hydrogen-bond donors (Lipinski definition) is 0. The summed E-state index contributed by atoms with van der Waals surface area (Å²) in [6.07, 6.45) is 10.4. The standard InChI is InChI=1S/C15H13N/c1-2-5-12(6-3-1)11-13-7-4-8-15-14(13)9-10-16-15/h1-7,9-10H,8,11H2. The lowest BCUT2D eigenvalue weighted by molar-refractivity contribution is 1.17. The van der Waals surface area contributed by atoms with E-state index in [0.717, 1.165) is 12.8 Å². The topological polar surface area (TPSA) is 12.4 Å². The summed E-state index contributed by atoms with van der Waals surface area (Å²) in [6.45, 7) is 0.